The molecule has 2 aliphatic rings. The van der Waals surface area contributed by atoms with Crippen molar-refractivity contribution in [3.8, 4) is 0 Å². The van der Waals surface area contributed by atoms with Gasteiger partial charge < -0.3 is 9.88 Å². The predicted octanol–water partition coefficient (Wildman–Crippen LogP) is 6.39. The highest BCUT2D eigenvalue weighted by atomic mass is 16.2. The van der Waals surface area contributed by atoms with Crippen molar-refractivity contribution in [1.82, 2.24) is 4.57 Å². The van der Waals surface area contributed by atoms with Crippen LogP contribution < -0.4 is 5.32 Å². The van der Waals surface area contributed by atoms with Gasteiger partial charge in [-0.25, -0.2) is 0 Å². The molecule has 6 rings (SSSR count). The van der Waals surface area contributed by atoms with E-state index >= 15 is 0 Å². The highest BCUT2D eigenvalue weighted by Crippen LogP contribution is 2.34. The van der Waals surface area contributed by atoms with E-state index in [4.69, 9.17) is 0 Å². The zero-order valence-electron chi connectivity index (χ0n) is 19.3. The number of benzene rings is 3. The van der Waals surface area contributed by atoms with Crippen molar-refractivity contribution in [2.75, 3.05) is 5.32 Å². The third kappa shape index (κ3) is 3.99. The van der Waals surface area contributed by atoms with E-state index in [1.54, 1.807) is 0 Å². The number of nitrogens with zero attached hydrogens (tertiary/aromatic N) is 3. The van der Waals surface area contributed by atoms with Crippen LogP contribution in [-0.4, -0.2) is 16.4 Å². The number of carbonyl (C=O) groups excluding carboxylic acids is 2. The van der Waals surface area contributed by atoms with Crippen molar-refractivity contribution < 1.29 is 9.59 Å². The minimum Gasteiger partial charge on any atom is -0.332 e. The van der Waals surface area contributed by atoms with Gasteiger partial charge in [-0.05, 0) is 35.4 Å². The molecule has 6 heteroatoms. The molecule has 2 amide bonds. The minimum atomic E-state index is -0.395. The highest BCUT2D eigenvalue weighted by Gasteiger charge is 2.27. The van der Waals surface area contributed by atoms with Crippen LogP contribution >= 0.6 is 0 Å². The van der Waals surface area contributed by atoms with E-state index in [9.17, 15) is 9.59 Å². The highest BCUT2D eigenvalue weighted by molar-refractivity contribution is 6.06. The zero-order valence-corrected chi connectivity index (χ0v) is 19.3. The molecule has 6 nitrogen and oxygen atoms in total. The Bertz CT molecular complexity index is 1610. The van der Waals surface area contributed by atoms with Crippen molar-refractivity contribution in [2.24, 2.45) is 16.1 Å². The van der Waals surface area contributed by atoms with E-state index in [1.165, 1.54) is 0 Å². The molecule has 0 saturated carbocycles. The van der Waals surface area contributed by atoms with Gasteiger partial charge in [0.15, 0.2) is 0 Å². The third-order valence-electron chi connectivity index (χ3n) is 6.46. The second kappa shape index (κ2) is 9.07. The van der Waals surface area contributed by atoms with E-state index in [1.807, 2.05) is 102 Å². The number of carbonyl (C=O) groups is 2. The van der Waals surface area contributed by atoms with Crippen LogP contribution in [0.3, 0.4) is 0 Å². The van der Waals surface area contributed by atoms with Gasteiger partial charge in [-0.1, -0.05) is 85.0 Å². The van der Waals surface area contributed by atoms with Crippen LogP contribution in [0, 0.1) is 5.92 Å². The maximum Gasteiger partial charge on any atom is 0.276 e. The molecule has 0 saturated heterocycles. The molecule has 0 radical (unpaired) electrons. The molecule has 0 spiro atoms. The number of rotatable bonds is 5. The van der Waals surface area contributed by atoms with Gasteiger partial charge in [-0.3, -0.25) is 9.59 Å². The maximum absolute atomic E-state index is 13.4. The number of hydrogen-bond acceptors (Lipinski definition) is 3. The molecular formula is C30H22N4O2. The number of anilines is 1. The average Bonchev–Trinajstić information content (AvgIpc) is 3.29. The van der Waals surface area contributed by atoms with Crippen LogP contribution in [0.1, 0.15) is 21.6 Å². The van der Waals surface area contributed by atoms with Crippen molar-refractivity contribution in [2.45, 2.75) is 6.54 Å². The van der Waals surface area contributed by atoms with Crippen LogP contribution in [-0.2, 0) is 11.3 Å². The Morgan fingerprint density at radius 3 is 2.50 bits per heavy atom. The summed E-state index contributed by atoms with van der Waals surface area (Å²) in [4.78, 5) is 25.5. The first-order valence-corrected chi connectivity index (χ1v) is 11.8. The topological polar surface area (TPSA) is 75.8 Å². The molecule has 36 heavy (non-hydrogen) atoms. The van der Waals surface area contributed by atoms with Gasteiger partial charge in [-0.15, -0.1) is 10.2 Å². The lowest BCUT2D eigenvalue weighted by Crippen LogP contribution is -2.18. The quantitative estimate of drug-likeness (QED) is 0.367. The molecule has 1 unspecified atom stereocenters. The van der Waals surface area contributed by atoms with Crippen molar-refractivity contribution in [1.29, 1.82) is 0 Å². The second-order valence-corrected chi connectivity index (χ2v) is 8.76. The molecule has 0 bridgehead atoms. The number of hydrogen-bond donors (Lipinski definition) is 1. The Morgan fingerprint density at radius 2 is 1.67 bits per heavy atom. The van der Waals surface area contributed by atoms with Gasteiger partial charge in [0.2, 0.25) is 0 Å². The lowest BCUT2D eigenvalue weighted by atomic mass is 9.89. The van der Waals surface area contributed by atoms with Crippen molar-refractivity contribution >= 4 is 34.1 Å². The first kappa shape index (κ1) is 21.7. The molecule has 1 atom stereocenters. The maximum atomic E-state index is 13.4. The summed E-state index contributed by atoms with van der Waals surface area (Å²) in [6.45, 7) is 0.597. The molecule has 1 aliphatic carbocycles. The van der Waals surface area contributed by atoms with Gasteiger partial charge in [0.05, 0.1) is 11.6 Å². The normalized spacial score (nSPS) is 16.4. The first-order valence-electron chi connectivity index (χ1n) is 11.8. The molecule has 3 aromatic carbocycles. The Hall–Kier alpha value is -4.84. The summed E-state index contributed by atoms with van der Waals surface area (Å²) in [5.41, 5.74) is 5.73. The molecule has 0 fully saturated rings. The van der Waals surface area contributed by atoms with E-state index in [2.05, 4.69) is 27.7 Å². The summed E-state index contributed by atoms with van der Waals surface area (Å²) in [5.74, 6) is -0.835. The van der Waals surface area contributed by atoms with Crippen LogP contribution in [0.5, 0.6) is 0 Å². The molecule has 2 heterocycles. The Kier molecular flexibility index (Phi) is 5.46. The number of amides is 2. The number of nitrogens with one attached hydrogen (secondary N) is 1. The summed E-state index contributed by atoms with van der Waals surface area (Å²) < 4.78 is 2.04. The van der Waals surface area contributed by atoms with E-state index < -0.39 is 5.92 Å². The Labute approximate surface area is 208 Å². The minimum absolute atomic E-state index is 0.180. The largest absolute Gasteiger partial charge is 0.332 e. The molecule has 1 N–H and O–H groups in total. The van der Waals surface area contributed by atoms with Crippen molar-refractivity contribution in [3.63, 3.8) is 0 Å². The average molecular weight is 471 g/mol. The fraction of sp³-hybridized carbons (Fsp3) is 0.0667. The molecule has 1 aromatic heterocycles. The van der Waals surface area contributed by atoms with Crippen molar-refractivity contribution in [3.05, 3.63) is 132 Å². The molecular weight excluding hydrogens is 448 g/mol. The van der Waals surface area contributed by atoms with Gasteiger partial charge >= 0.3 is 0 Å². The lowest BCUT2D eigenvalue weighted by Gasteiger charge is -2.19. The molecule has 4 aromatic rings. The standard InChI is InChI=1S/C30H22N4O2/c35-29-25-12-6-5-11-24(25)28(32-33-29)21-14-16-23(17-15-21)31-30(36)27-18-22-10-4-7-13-26(22)34(27)19-20-8-2-1-3-9-20/h1-18,25H,19H2,(H,31,36). The van der Waals surface area contributed by atoms with Crippen LogP contribution in [0.25, 0.3) is 16.6 Å². The van der Waals surface area contributed by atoms with Gasteiger partial charge in [0, 0.05) is 28.7 Å². The number of fused-ring (bicyclic) bond motifs is 2. The summed E-state index contributed by atoms with van der Waals surface area (Å²) in [6.07, 6.45) is 7.47. The fourth-order valence-electron chi connectivity index (χ4n) is 4.67. The van der Waals surface area contributed by atoms with Crippen LogP contribution in [0.2, 0.25) is 0 Å². The first-order chi connectivity index (χ1) is 17.7. The van der Waals surface area contributed by atoms with E-state index in [0.717, 1.165) is 27.6 Å². The number of azo groups is 1. The fourth-order valence-corrected chi connectivity index (χ4v) is 4.67. The number of allylic oxidation sites excluding steroid dienone is 3. The Morgan fingerprint density at radius 1 is 0.889 bits per heavy atom. The third-order valence-corrected chi connectivity index (χ3v) is 6.46. The summed E-state index contributed by atoms with van der Waals surface area (Å²) in [5, 5.41) is 12.0. The molecule has 174 valence electrons. The smallest absolute Gasteiger partial charge is 0.276 e. The second-order valence-electron chi connectivity index (χ2n) is 8.76. The zero-order chi connectivity index (χ0) is 24.5. The van der Waals surface area contributed by atoms with E-state index in [0.29, 0.717) is 23.6 Å². The predicted molar refractivity (Wildman–Crippen MR) is 140 cm³/mol. The number of aromatic nitrogens is 1. The van der Waals surface area contributed by atoms with Gasteiger partial charge in [-0.2, -0.15) is 0 Å². The summed E-state index contributed by atoms with van der Waals surface area (Å²) in [7, 11) is 0. The summed E-state index contributed by atoms with van der Waals surface area (Å²) in [6, 6.07) is 27.5. The van der Waals surface area contributed by atoms with Crippen LogP contribution in [0.15, 0.2) is 125 Å². The van der Waals surface area contributed by atoms with Gasteiger partial charge in [0.1, 0.15) is 5.69 Å². The Balaban J connectivity index is 1.28. The van der Waals surface area contributed by atoms with E-state index in [-0.39, 0.29) is 11.8 Å². The monoisotopic (exact) mass is 470 g/mol. The SMILES string of the molecule is O=C(Nc1ccc(C2=C3C=CC=CC3C(=O)N=N2)cc1)c1cc2ccccc2n1Cc1ccccc1. The summed E-state index contributed by atoms with van der Waals surface area (Å²) >= 11 is 0. The lowest BCUT2D eigenvalue weighted by molar-refractivity contribution is -0.119. The molecule has 1 aliphatic heterocycles. The number of para-hydroxylation sites is 1. The van der Waals surface area contributed by atoms with Gasteiger partial charge in [0.25, 0.3) is 11.8 Å². The van der Waals surface area contributed by atoms with Crippen LogP contribution in [0.4, 0.5) is 5.69 Å².